The fraction of sp³-hybridized carbons (Fsp3) is 0.733. The van der Waals surface area contributed by atoms with Crippen LogP contribution in [-0.2, 0) is 0 Å². The van der Waals surface area contributed by atoms with Crippen molar-refractivity contribution in [2.45, 2.75) is 57.2 Å². The molecule has 0 radical (unpaired) electrons. The van der Waals surface area contributed by atoms with Crippen LogP contribution >= 0.6 is 11.8 Å². The van der Waals surface area contributed by atoms with Gasteiger partial charge in [0.05, 0.1) is 0 Å². The molecule has 4 nitrogen and oxygen atoms in total. The maximum Gasteiger partial charge on any atom is 0.135 e. The van der Waals surface area contributed by atoms with Gasteiger partial charge in [-0.25, -0.2) is 9.97 Å². The quantitative estimate of drug-likeness (QED) is 0.837. The third-order valence-corrected chi connectivity index (χ3v) is 4.88. The van der Waals surface area contributed by atoms with E-state index < -0.39 is 0 Å². The highest BCUT2D eigenvalue weighted by Gasteiger charge is 2.26. The van der Waals surface area contributed by atoms with Gasteiger partial charge in [-0.3, -0.25) is 0 Å². The number of aromatic nitrogens is 2. The van der Waals surface area contributed by atoms with Crippen LogP contribution < -0.4 is 10.6 Å². The molecule has 2 rings (SSSR count). The summed E-state index contributed by atoms with van der Waals surface area (Å²) in [5, 5.41) is 7.62. The second-order valence-electron chi connectivity index (χ2n) is 5.64. The van der Waals surface area contributed by atoms with E-state index in [-0.39, 0.29) is 0 Å². The van der Waals surface area contributed by atoms with Crippen LogP contribution in [0, 0.1) is 0 Å². The number of nitrogens with one attached hydrogen (secondary N) is 2. The van der Waals surface area contributed by atoms with E-state index in [1.165, 1.54) is 19.3 Å². The lowest BCUT2D eigenvalue weighted by molar-refractivity contribution is 0.743. The van der Waals surface area contributed by atoms with Gasteiger partial charge >= 0.3 is 0 Å². The Kier molecular flexibility index (Phi) is 5.52. The zero-order valence-electron chi connectivity index (χ0n) is 12.9. The summed E-state index contributed by atoms with van der Waals surface area (Å²) in [4.78, 5) is 9.24. The normalized spacial score (nSPS) is 22.2. The number of nitrogens with zero attached hydrogens (tertiary/aromatic N) is 2. The van der Waals surface area contributed by atoms with Crippen LogP contribution in [0.2, 0.25) is 0 Å². The van der Waals surface area contributed by atoms with Gasteiger partial charge in [-0.2, -0.15) is 11.8 Å². The Morgan fingerprint density at radius 3 is 2.70 bits per heavy atom. The van der Waals surface area contributed by atoms with Gasteiger partial charge < -0.3 is 10.6 Å². The highest BCUT2D eigenvalue weighted by atomic mass is 32.2. The summed E-state index contributed by atoms with van der Waals surface area (Å²) in [7, 11) is 0. The molecule has 0 aromatic carbocycles. The summed E-state index contributed by atoms with van der Waals surface area (Å²) in [6, 6.07) is 2.57. The van der Waals surface area contributed by atoms with Crippen molar-refractivity contribution in [2.75, 3.05) is 23.4 Å². The molecule has 1 aromatic heterocycles. The minimum absolute atomic E-state index is 0.342. The summed E-state index contributed by atoms with van der Waals surface area (Å²) in [6.45, 7) is 7.24. The fourth-order valence-corrected chi connectivity index (χ4v) is 3.57. The number of anilines is 2. The molecule has 112 valence electrons. The van der Waals surface area contributed by atoms with Crippen LogP contribution in [0.4, 0.5) is 11.6 Å². The summed E-state index contributed by atoms with van der Waals surface area (Å²) in [5.74, 6) is 3.14. The lowest BCUT2D eigenvalue weighted by atomic mass is 10.2. The Balaban J connectivity index is 2.17. The summed E-state index contributed by atoms with van der Waals surface area (Å²) in [6.07, 6.45) is 6.06. The molecule has 0 saturated heterocycles. The average molecular weight is 294 g/mol. The van der Waals surface area contributed by atoms with Gasteiger partial charge in [-0.05, 0) is 26.0 Å². The van der Waals surface area contributed by atoms with Crippen molar-refractivity contribution in [3.63, 3.8) is 0 Å². The monoisotopic (exact) mass is 294 g/mol. The molecule has 0 bridgehead atoms. The van der Waals surface area contributed by atoms with E-state index in [2.05, 4.69) is 47.6 Å². The highest BCUT2D eigenvalue weighted by molar-refractivity contribution is 7.99. The summed E-state index contributed by atoms with van der Waals surface area (Å²) in [5.41, 5.74) is 0. The number of rotatable bonds is 6. The van der Waals surface area contributed by atoms with E-state index in [9.17, 15) is 0 Å². The van der Waals surface area contributed by atoms with Crippen molar-refractivity contribution in [3.8, 4) is 0 Å². The highest BCUT2D eigenvalue weighted by Crippen LogP contribution is 2.31. The molecule has 2 atom stereocenters. The summed E-state index contributed by atoms with van der Waals surface area (Å²) >= 11 is 1.96. The first-order valence-corrected chi connectivity index (χ1v) is 8.85. The van der Waals surface area contributed by atoms with E-state index >= 15 is 0 Å². The Labute approximate surface area is 126 Å². The molecule has 5 heteroatoms. The maximum atomic E-state index is 4.68. The van der Waals surface area contributed by atoms with Crippen molar-refractivity contribution >= 4 is 23.4 Å². The second kappa shape index (κ2) is 7.16. The second-order valence-corrected chi connectivity index (χ2v) is 6.71. The third-order valence-electron chi connectivity index (χ3n) is 3.71. The van der Waals surface area contributed by atoms with Crippen LogP contribution in [0.25, 0.3) is 0 Å². The van der Waals surface area contributed by atoms with Gasteiger partial charge in [-0.1, -0.05) is 20.3 Å². The van der Waals surface area contributed by atoms with E-state index in [1.54, 1.807) is 0 Å². The molecule has 1 heterocycles. The largest absolute Gasteiger partial charge is 0.370 e. The molecule has 0 amide bonds. The zero-order chi connectivity index (χ0) is 14.5. The maximum absolute atomic E-state index is 4.68. The van der Waals surface area contributed by atoms with Crippen molar-refractivity contribution in [2.24, 2.45) is 0 Å². The number of hydrogen-bond donors (Lipinski definition) is 2. The molecule has 2 unspecified atom stereocenters. The zero-order valence-corrected chi connectivity index (χ0v) is 13.8. The van der Waals surface area contributed by atoms with Gasteiger partial charge in [0.15, 0.2) is 0 Å². The van der Waals surface area contributed by atoms with E-state index in [1.807, 2.05) is 17.8 Å². The van der Waals surface area contributed by atoms with Gasteiger partial charge in [0.2, 0.25) is 0 Å². The molecular formula is C15H26N4S. The standard InChI is InChI=1S/C15H26N4S/c1-5-16-13-9-14(19-15(18-13)10(2)3)17-11-7-6-8-12(11)20-4/h9-12H,5-8H2,1-4H3,(H2,16,17,18,19). The molecule has 1 fully saturated rings. The van der Waals surface area contributed by atoms with Gasteiger partial charge in [-0.15, -0.1) is 0 Å². The van der Waals surface area contributed by atoms with Gasteiger partial charge in [0.1, 0.15) is 17.5 Å². The van der Waals surface area contributed by atoms with Crippen LogP contribution in [0.15, 0.2) is 6.07 Å². The Hall–Kier alpha value is -0.970. The van der Waals surface area contributed by atoms with E-state index in [0.29, 0.717) is 17.2 Å². The molecule has 20 heavy (non-hydrogen) atoms. The van der Waals surface area contributed by atoms with E-state index in [4.69, 9.17) is 0 Å². The van der Waals surface area contributed by atoms with Crippen molar-refractivity contribution in [1.29, 1.82) is 0 Å². The van der Waals surface area contributed by atoms with Crippen LogP contribution in [0.5, 0.6) is 0 Å². The molecule has 1 aliphatic carbocycles. The SMILES string of the molecule is CCNc1cc(NC2CCCC2SC)nc(C(C)C)n1. The lowest BCUT2D eigenvalue weighted by Gasteiger charge is -2.21. The molecule has 1 aromatic rings. The third kappa shape index (κ3) is 3.78. The number of thioether (sulfide) groups is 1. The van der Waals surface area contributed by atoms with Crippen molar-refractivity contribution < 1.29 is 0 Å². The number of hydrogen-bond acceptors (Lipinski definition) is 5. The van der Waals surface area contributed by atoms with Crippen LogP contribution in [0.3, 0.4) is 0 Å². The minimum Gasteiger partial charge on any atom is -0.370 e. The Bertz CT molecular complexity index is 436. The molecule has 0 spiro atoms. The predicted molar refractivity (Wildman–Crippen MR) is 88.8 cm³/mol. The molecule has 1 aliphatic rings. The summed E-state index contributed by atoms with van der Waals surface area (Å²) < 4.78 is 0. The lowest BCUT2D eigenvalue weighted by Crippen LogP contribution is -2.26. The molecule has 1 saturated carbocycles. The first-order valence-electron chi connectivity index (χ1n) is 7.56. The first kappa shape index (κ1) is 15.4. The predicted octanol–water partition coefficient (Wildman–Crippen LogP) is 3.73. The van der Waals surface area contributed by atoms with Crippen LogP contribution in [0.1, 0.15) is 51.8 Å². The molecule has 0 aliphatic heterocycles. The fourth-order valence-electron chi connectivity index (χ4n) is 2.63. The molecule has 2 N–H and O–H groups in total. The van der Waals surface area contributed by atoms with Gasteiger partial charge in [0.25, 0.3) is 0 Å². The Morgan fingerprint density at radius 2 is 2.05 bits per heavy atom. The molecular weight excluding hydrogens is 268 g/mol. The smallest absolute Gasteiger partial charge is 0.135 e. The topological polar surface area (TPSA) is 49.8 Å². The Morgan fingerprint density at radius 1 is 1.30 bits per heavy atom. The average Bonchev–Trinajstić information content (AvgIpc) is 2.86. The van der Waals surface area contributed by atoms with Gasteiger partial charge in [0, 0.05) is 29.8 Å². The van der Waals surface area contributed by atoms with Crippen LogP contribution in [-0.4, -0.2) is 34.1 Å². The van der Waals surface area contributed by atoms with E-state index in [0.717, 1.165) is 24.0 Å². The van der Waals surface area contributed by atoms with Crippen molar-refractivity contribution in [3.05, 3.63) is 11.9 Å². The first-order chi connectivity index (χ1) is 9.63. The minimum atomic E-state index is 0.342. The van der Waals surface area contributed by atoms with Crippen molar-refractivity contribution in [1.82, 2.24) is 9.97 Å².